The molecule has 1 amide bonds. The molecule has 0 radical (unpaired) electrons. The van der Waals surface area contributed by atoms with Crippen molar-refractivity contribution in [1.82, 2.24) is 5.32 Å². The summed E-state index contributed by atoms with van der Waals surface area (Å²) in [5.74, 6) is -0.189. The molecule has 0 aromatic heterocycles. The second kappa shape index (κ2) is 64.1. The highest BCUT2D eigenvalue weighted by molar-refractivity contribution is 5.76. The normalized spacial score (nSPS) is 19.0. The van der Waals surface area contributed by atoms with E-state index in [1.807, 2.05) is 0 Å². The fraction of sp³-hybridized carbons (Fsp3) is 0.675. The molecule has 0 spiro atoms. The maximum absolute atomic E-state index is 13.1. The second-order valence-corrected chi connectivity index (χ2v) is 23.6. The molecule has 0 aliphatic carbocycles. The van der Waals surface area contributed by atoms with Gasteiger partial charge in [-0.15, -0.1) is 0 Å². The van der Waals surface area contributed by atoms with Crippen LogP contribution >= 0.6 is 0 Å². The molecule has 1 heterocycles. The summed E-state index contributed by atoms with van der Waals surface area (Å²) in [5.41, 5.74) is 0. The molecule has 7 unspecified atom stereocenters. The van der Waals surface area contributed by atoms with Crippen molar-refractivity contribution >= 4 is 5.91 Å². The van der Waals surface area contributed by atoms with Crippen molar-refractivity contribution < 1.29 is 39.8 Å². The Balaban J connectivity index is 2.20. The lowest BCUT2D eigenvalue weighted by Gasteiger charge is -2.40. The van der Waals surface area contributed by atoms with Gasteiger partial charge in [-0.3, -0.25) is 4.79 Å². The molecule has 490 valence electrons. The van der Waals surface area contributed by atoms with Gasteiger partial charge in [0.05, 0.1) is 25.4 Å². The third-order valence-corrected chi connectivity index (χ3v) is 15.7. The zero-order valence-corrected chi connectivity index (χ0v) is 54.8. The van der Waals surface area contributed by atoms with E-state index in [1.54, 1.807) is 0 Å². The number of carbonyl (C=O) groups is 1. The molecule has 1 saturated heterocycles. The highest BCUT2D eigenvalue weighted by Crippen LogP contribution is 2.23. The van der Waals surface area contributed by atoms with Crippen LogP contribution in [0, 0.1) is 0 Å². The third-order valence-electron chi connectivity index (χ3n) is 15.7. The summed E-state index contributed by atoms with van der Waals surface area (Å²) in [6.07, 6.45) is 91.9. The van der Waals surface area contributed by atoms with Crippen LogP contribution in [-0.4, -0.2) is 87.5 Å². The number of hydrogen-bond donors (Lipinski definition) is 6. The molecule has 1 aliphatic heterocycles. The number of allylic oxidation sites excluding steroid dienone is 24. The Hall–Kier alpha value is -3.93. The number of aliphatic hydroxyl groups excluding tert-OH is 5. The predicted octanol–water partition coefficient (Wildman–Crippen LogP) is 19.4. The van der Waals surface area contributed by atoms with E-state index in [9.17, 15) is 30.3 Å². The van der Waals surface area contributed by atoms with Crippen molar-refractivity contribution in [3.05, 3.63) is 146 Å². The third kappa shape index (κ3) is 52.1. The van der Waals surface area contributed by atoms with E-state index in [0.717, 1.165) is 109 Å². The van der Waals surface area contributed by atoms with Crippen molar-refractivity contribution in [2.24, 2.45) is 0 Å². The molecule has 1 rings (SSSR count). The lowest BCUT2D eigenvalue weighted by molar-refractivity contribution is -0.302. The maximum Gasteiger partial charge on any atom is 0.220 e. The molecule has 6 N–H and O–H groups in total. The number of rotatable bonds is 59. The van der Waals surface area contributed by atoms with Crippen LogP contribution in [0.25, 0.3) is 0 Å². The van der Waals surface area contributed by atoms with Gasteiger partial charge in [-0.05, 0) is 103 Å². The van der Waals surface area contributed by atoms with E-state index in [1.165, 1.54) is 135 Å². The first-order chi connectivity index (χ1) is 42.3. The van der Waals surface area contributed by atoms with Gasteiger partial charge in [0.1, 0.15) is 24.4 Å². The molecule has 0 bridgehead atoms. The minimum Gasteiger partial charge on any atom is -0.394 e. The van der Waals surface area contributed by atoms with E-state index >= 15 is 0 Å². The molecule has 0 saturated carbocycles. The van der Waals surface area contributed by atoms with E-state index in [0.29, 0.717) is 19.3 Å². The summed E-state index contributed by atoms with van der Waals surface area (Å²) in [7, 11) is 0. The predicted molar refractivity (Wildman–Crippen MR) is 368 cm³/mol. The Kier molecular flexibility index (Phi) is 59.7. The second-order valence-electron chi connectivity index (χ2n) is 23.6. The highest BCUT2D eigenvalue weighted by atomic mass is 16.7. The Bertz CT molecular complexity index is 1870. The SMILES string of the molecule is CC/C=C\C/C=C\C/C=C\C/C=C\C/C=C\C/C=C\C/C=C\C/C=C\C/C=C\C/C=C\C/C=C\C/C=C\CCCCC(=O)NC(COC1OC(CO)C(O)C(O)C1O)C(O)CCCCCCCCCCCCCCCCCCCCCCCCCC. The highest BCUT2D eigenvalue weighted by Gasteiger charge is 2.44. The fourth-order valence-electron chi connectivity index (χ4n) is 10.3. The minimum atomic E-state index is -1.57. The number of carbonyl (C=O) groups excluding carboxylic acids is 1. The standard InChI is InChI=1S/C77H129NO8/c1-3-5-7-9-11-13-15-17-19-21-23-25-27-29-30-31-32-33-34-35-36-37-38-39-40-41-42-43-45-47-49-51-53-55-57-59-61-63-65-67-73(81)78-70(69-85-77-76(84)75(83)74(82)72(68-79)86-77)71(80)66-64-62-60-58-56-54-52-50-48-46-44-28-26-24-22-20-18-16-14-12-10-8-6-4-2/h5,7,11,13,17,19,23,25,29-30,32-33,35-36,38-39,41-42,45,47,51,53,57,59,70-72,74-77,79-80,82-84H,3-4,6,8-10,12,14-16,18,20-22,24,26-28,31,34,37,40,43-44,46,48-50,52,54-56,58,60-69H2,1-2H3,(H,78,81)/b7-5-,13-11-,19-17-,25-23-,30-29-,33-32-,36-35-,39-38-,42-41-,47-45-,53-51-,59-57-. The van der Waals surface area contributed by atoms with Crippen LogP contribution in [0.2, 0.25) is 0 Å². The first-order valence-corrected chi connectivity index (χ1v) is 35.0. The number of amides is 1. The zero-order chi connectivity index (χ0) is 62.1. The Morgan fingerprint density at radius 1 is 0.407 bits per heavy atom. The molecule has 0 aromatic carbocycles. The molecule has 7 atom stereocenters. The van der Waals surface area contributed by atoms with Gasteiger partial charge in [0.15, 0.2) is 6.29 Å². The van der Waals surface area contributed by atoms with Crippen LogP contribution in [0.3, 0.4) is 0 Å². The summed E-state index contributed by atoms with van der Waals surface area (Å²) in [4.78, 5) is 13.1. The van der Waals surface area contributed by atoms with Crippen LogP contribution in [-0.2, 0) is 14.3 Å². The summed E-state index contributed by atoms with van der Waals surface area (Å²) < 4.78 is 11.3. The van der Waals surface area contributed by atoms with Crippen LogP contribution < -0.4 is 5.32 Å². The van der Waals surface area contributed by atoms with Crippen LogP contribution in [0.4, 0.5) is 0 Å². The van der Waals surface area contributed by atoms with Gasteiger partial charge >= 0.3 is 0 Å². The summed E-state index contributed by atoms with van der Waals surface area (Å²) in [6, 6.07) is -0.755. The monoisotopic (exact) mass is 1200 g/mol. The molecule has 9 nitrogen and oxygen atoms in total. The summed E-state index contributed by atoms with van der Waals surface area (Å²) >= 11 is 0. The number of aliphatic hydroxyl groups is 5. The summed E-state index contributed by atoms with van der Waals surface area (Å²) in [6.45, 7) is 3.72. The smallest absolute Gasteiger partial charge is 0.220 e. The Labute approximate surface area is 527 Å². The van der Waals surface area contributed by atoms with Crippen molar-refractivity contribution in [3.8, 4) is 0 Å². The average Bonchev–Trinajstić information content (AvgIpc) is 3.55. The number of hydrogen-bond acceptors (Lipinski definition) is 8. The zero-order valence-electron chi connectivity index (χ0n) is 54.8. The number of unbranched alkanes of at least 4 members (excludes halogenated alkanes) is 25. The largest absolute Gasteiger partial charge is 0.394 e. The van der Waals surface area contributed by atoms with Gasteiger partial charge < -0.3 is 40.3 Å². The Morgan fingerprint density at radius 3 is 1.05 bits per heavy atom. The first-order valence-electron chi connectivity index (χ1n) is 35.0. The number of nitrogens with one attached hydrogen (secondary N) is 1. The van der Waals surface area contributed by atoms with Gasteiger partial charge in [0.25, 0.3) is 0 Å². The molecular weight excluding hydrogens is 1070 g/mol. The van der Waals surface area contributed by atoms with Crippen LogP contribution in [0.15, 0.2) is 146 Å². The van der Waals surface area contributed by atoms with Gasteiger partial charge in [-0.1, -0.05) is 314 Å². The number of ether oxygens (including phenoxy) is 2. The van der Waals surface area contributed by atoms with Crippen LogP contribution in [0.1, 0.15) is 277 Å². The van der Waals surface area contributed by atoms with E-state index in [4.69, 9.17) is 9.47 Å². The van der Waals surface area contributed by atoms with Crippen molar-refractivity contribution in [2.45, 2.75) is 320 Å². The molecule has 1 fully saturated rings. The Morgan fingerprint density at radius 2 is 0.721 bits per heavy atom. The lowest BCUT2D eigenvalue weighted by atomic mass is 9.99. The van der Waals surface area contributed by atoms with Gasteiger partial charge in [-0.25, -0.2) is 0 Å². The van der Waals surface area contributed by atoms with Crippen molar-refractivity contribution in [1.29, 1.82) is 0 Å². The lowest BCUT2D eigenvalue weighted by Crippen LogP contribution is -2.60. The van der Waals surface area contributed by atoms with Gasteiger partial charge in [0.2, 0.25) is 5.91 Å². The molecule has 9 heteroatoms. The molecule has 86 heavy (non-hydrogen) atoms. The topological polar surface area (TPSA) is 149 Å². The minimum absolute atomic E-state index is 0.164. The first kappa shape index (κ1) is 80.1. The maximum atomic E-state index is 13.1. The average molecular weight is 1200 g/mol. The van der Waals surface area contributed by atoms with Gasteiger partial charge in [0, 0.05) is 6.42 Å². The van der Waals surface area contributed by atoms with E-state index in [-0.39, 0.29) is 12.5 Å². The summed E-state index contributed by atoms with van der Waals surface area (Å²) in [5, 5.41) is 54.9. The van der Waals surface area contributed by atoms with Crippen molar-refractivity contribution in [3.63, 3.8) is 0 Å². The van der Waals surface area contributed by atoms with Gasteiger partial charge in [-0.2, -0.15) is 0 Å². The van der Waals surface area contributed by atoms with E-state index < -0.39 is 49.5 Å². The van der Waals surface area contributed by atoms with Crippen molar-refractivity contribution in [2.75, 3.05) is 13.2 Å². The quantitative estimate of drug-likeness (QED) is 0.0261. The molecule has 0 aromatic rings. The molecule has 1 aliphatic rings. The van der Waals surface area contributed by atoms with Crippen LogP contribution in [0.5, 0.6) is 0 Å². The molecular formula is C77H129NO8. The fourth-order valence-corrected chi connectivity index (χ4v) is 10.3. The van der Waals surface area contributed by atoms with E-state index in [2.05, 4.69) is 165 Å².